The summed E-state index contributed by atoms with van der Waals surface area (Å²) in [4.78, 5) is 20.3. The molecular weight excluding hydrogens is 472 g/mol. The summed E-state index contributed by atoms with van der Waals surface area (Å²) < 4.78 is 10.9. The second-order valence-electron chi connectivity index (χ2n) is 8.25. The van der Waals surface area contributed by atoms with Crippen molar-refractivity contribution in [2.75, 3.05) is 39.4 Å². The van der Waals surface area contributed by atoms with Gasteiger partial charge in [-0.2, -0.15) is 0 Å². The lowest BCUT2D eigenvalue weighted by molar-refractivity contribution is -0.385. The third-order valence-electron chi connectivity index (χ3n) is 5.20. The van der Waals surface area contributed by atoms with Gasteiger partial charge in [0, 0.05) is 37.4 Å². The zero-order valence-electron chi connectivity index (χ0n) is 20.1. The Morgan fingerprint density at radius 3 is 1.36 bits per heavy atom. The molecule has 0 bridgehead atoms. The van der Waals surface area contributed by atoms with Crippen LogP contribution in [0.3, 0.4) is 0 Å². The van der Waals surface area contributed by atoms with E-state index in [0.717, 1.165) is 38.8 Å². The molecule has 4 N–H and O–H groups in total. The van der Waals surface area contributed by atoms with Gasteiger partial charge in [0.25, 0.3) is 11.4 Å². The van der Waals surface area contributed by atoms with Crippen molar-refractivity contribution in [2.24, 2.45) is 0 Å². The zero-order valence-corrected chi connectivity index (χ0v) is 20.1. The van der Waals surface area contributed by atoms with Crippen molar-refractivity contribution in [2.45, 2.75) is 37.9 Å². The summed E-state index contributed by atoms with van der Waals surface area (Å²) in [6.07, 6.45) is 2.66. The number of aliphatic hydroxyl groups is 2. The largest absolute Gasteiger partial charge is 0.491 e. The van der Waals surface area contributed by atoms with Crippen LogP contribution in [0.4, 0.5) is 11.4 Å². The Hall–Kier alpha value is -3.32. The molecule has 0 heterocycles. The number of aliphatic hydroxyl groups excluding tert-OH is 2. The molecule has 2 atom stereocenters. The van der Waals surface area contributed by atoms with Crippen LogP contribution >= 0.6 is 0 Å². The van der Waals surface area contributed by atoms with Gasteiger partial charge in [0.1, 0.15) is 36.9 Å². The lowest BCUT2D eigenvalue weighted by atomic mass is 10.2. The molecule has 0 amide bonds. The molecule has 0 saturated heterocycles. The predicted octanol–water partition coefficient (Wildman–Crippen LogP) is 2.42. The van der Waals surface area contributed by atoms with E-state index in [9.17, 15) is 30.4 Å². The SMILES string of the molecule is O=[N+]([O-])c1ccc(OCC(O)CNCCCCCCNCC(O)COc2ccc([N+](=O)[O-])cc2)cc1. The molecule has 0 aliphatic rings. The topological polar surface area (TPSA) is 169 Å². The number of ether oxygens (including phenoxy) is 2. The van der Waals surface area contributed by atoms with Gasteiger partial charge in [0.2, 0.25) is 0 Å². The monoisotopic (exact) mass is 506 g/mol. The molecule has 0 saturated carbocycles. The second-order valence-corrected chi connectivity index (χ2v) is 8.25. The van der Waals surface area contributed by atoms with E-state index in [0.29, 0.717) is 24.6 Å². The Morgan fingerprint density at radius 2 is 1.03 bits per heavy atom. The predicted molar refractivity (Wildman–Crippen MR) is 133 cm³/mol. The van der Waals surface area contributed by atoms with Crippen LogP contribution in [0.2, 0.25) is 0 Å². The number of nitrogens with one attached hydrogen (secondary N) is 2. The van der Waals surface area contributed by atoms with E-state index >= 15 is 0 Å². The van der Waals surface area contributed by atoms with Gasteiger partial charge in [-0.05, 0) is 50.2 Å². The van der Waals surface area contributed by atoms with Crippen LogP contribution in [-0.2, 0) is 0 Å². The van der Waals surface area contributed by atoms with Crippen molar-refractivity contribution in [3.05, 3.63) is 68.8 Å². The van der Waals surface area contributed by atoms with E-state index in [-0.39, 0.29) is 24.6 Å². The van der Waals surface area contributed by atoms with E-state index in [1.807, 2.05) is 0 Å². The van der Waals surface area contributed by atoms with E-state index in [1.165, 1.54) is 48.5 Å². The molecule has 2 rings (SSSR count). The van der Waals surface area contributed by atoms with Gasteiger partial charge in [-0.1, -0.05) is 12.8 Å². The number of hydrogen-bond acceptors (Lipinski definition) is 10. The zero-order chi connectivity index (χ0) is 26.2. The number of nitro groups is 2. The van der Waals surface area contributed by atoms with Crippen LogP contribution in [0.5, 0.6) is 11.5 Å². The quantitative estimate of drug-likeness (QED) is 0.126. The van der Waals surface area contributed by atoms with Gasteiger partial charge in [0.05, 0.1) is 9.85 Å². The number of nitro benzene ring substituents is 2. The summed E-state index contributed by atoms with van der Waals surface area (Å²) in [5, 5.41) is 47.6. The average Bonchev–Trinajstić information content (AvgIpc) is 2.87. The molecule has 2 aromatic carbocycles. The minimum Gasteiger partial charge on any atom is -0.491 e. The van der Waals surface area contributed by atoms with Crippen LogP contribution in [0.1, 0.15) is 25.7 Å². The van der Waals surface area contributed by atoms with Gasteiger partial charge >= 0.3 is 0 Å². The highest BCUT2D eigenvalue weighted by atomic mass is 16.6. The van der Waals surface area contributed by atoms with E-state index < -0.39 is 22.1 Å². The minimum atomic E-state index is -0.680. The third kappa shape index (κ3) is 11.9. The standard InChI is InChI=1S/C24H34N4O8/c29-21(17-35-23-9-5-19(6-10-23)27(31)32)15-25-13-3-1-2-4-14-26-16-22(30)18-36-24-11-7-20(8-12-24)28(33)34/h5-12,21-22,25-26,29-30H,1-4,13-18H2. The molecule has 198 valence electrons. The van der Waals surface area contributed by atoms with Crippen molar-refractivity contribution in [1.29, 1.82) is 0 Å². The first kappa shape index (κ1) is 28.9. The maximum Gasteiger partial charge on any atom is 0.269 e. The van der Waals surface area contributed by atoms with Crippen LogP contribution in [0.25, 0.3) is 0 Å². The Morgan fingerprint density at radius 1 is 0.667 bits per heavy atom. The fourth-order valence-electron chi connectivity index (χ4n) is 3.22. The molecule has 0 aliphatic heterocycles. The fourth-order valence-corrected chi connectivity index (χ4v) is 3.22. The first-order valence-electron chi connectivity index (χ1n) is 11.9. The summed E-state index contributed by atoms with van der Waals surface area (Å²) in [6, 6.07) is 11.4. The molecule has 0 aromatic heterocycles. The Kier molecular flexibility index (Phi) is 13.1. The van der Waals surface area contributed by atoms with Crippen molar-refractivity contribution >= 4 is 11.4 Å². The molecule has 2 aromatic rings. The fraction of sp³-hybridized carbons (Fsp3) is 0.500. The number of rotatable bonds is 19. The van der Waals surface area contributed by atoms with Crippen molar-refractivity contribution in [3.63, 3.8) is 0 Å². The molecule has 0 fully saturated rings. The van der Waals surface area contributed by atoms with E-state index in [2.05, 4.69) is 10.6 Å². The van der Waals surface area contributed by atoms with Gasteiger partial charge in [-0.25, -0.2) is 0 Å². The summed E-state index contributed by atoms with van der Waals surface area (Å²) in [7, 11) is 0. The Bertz CT molecular complexity index is 836. The first-order chi connectivity index (χ1) is 17.3. The molecule has 0 radical (unpaired) electrons. The van der Waals surface area contributed by atoms with E-state index in [1.54, 1.807) is 0 Å². The summed E-state index contributed by atoms with van der Waals surface area (Å²) >= 11 is 0. The molecular formula is C24H34N4O8. The van der Waals surface area contributed by atoms with Crippen molar-refractivity contribution in [3.8, 4) is 11.5 Å². The maximum atomic E-state index is 10.6. The van der Waals surface area contributed by atoms with Crippen molar-refractivity contribution in [1.82, 2.24) is 10.6 Å². The van der Waals surface area contributed by atoms with E-state index in [4.69, 9.17) is 9.47 Å². The van der Waals surface area contributed by atoms with Crippen molar-refractivity contribution < 1.29 is 29.5 Å². The lowest BCUT2D eigenvalue weighted by Gasteiger charge is -2.14. The highest BCUT2D eigenvalue weighted by Crippen LogP contribution is 2.18. The summed E-state index contributed by atoms with van der Waals surface area (Å²) in [5.74, 6) is 0.940. The second kappa shape index (κ2) is 16.4. The summed E-state index contributed by atoms with van der Waals surface area (Å²) in [5.41, 5.74) is -0.0197. The number of hydrogen-bond donors (Lipinski definition) is 4. The molecule has 36 heavy (non-hydrogen) atoms. The Balaban J connectivity index is 1.39. The summed E-state index contributed by atoms with van der Waals surface area (Å²) in [6.45, 7) is 2.55. The molecule has 12 heteroatoms. The highest BCUT2D eigenvalue weighted by molar-refractivity contribution is 5.36. The van der Waals surface area contributed by atoms with Gasteiger partial charge in [-0.3, -0.25) is 20.2 Å². The molecule has 0 spiro atoms. The normalized spacial score (nSPS) is 12.6. The van der Waals surface area contributed by atoms with Crippen LogP contribution in [-0.4, -0.2) is 71.7 Å². The lowest BCUT2D eigenvalue weighted by Crippen LogP contribution is -2.32. The van der Waals surface area contributed by atoms with Gasteiger partial charge in [-0.15, -0.1) is 0 Å². The molecule has 0 aliphatic carbocycles. The average molecular weight is 507 g/mol. The third-order valence-corrected chi connectivity index (χ3v) is 5.20. The smallest absolute Gasteiger partial charge is 0.269 e. The number of benzene rings is 2. The number of non-ortho nitro benzene ring substituents is 2. The first-order valence-corrected chi connectivity index (χ1v) is 11.9. The van der Waals surface area contributed by atoms with Gasteiger partial charge in [0.15, 0.2) is 0 Å². The number of unbranched alkanes of at least 4 members (excludes halogenated alkanes) is 3. The molecule has 12 nitrogen and oxygen atoms in total. The minimum absolute atomic E-state index is 0.00983. The van der Waals surface area contributed by atoms with Gasteiger partial charge < -0.3 is 30.3 Å². The molecule has 2 unspecified atom stereocenters. The van der Waals surface area contributed by atoms with Crippen LogP contribution in [0.15, 0.2) is 48.5 Å². The van der Waals surface area contributed by atoms with Crippen LogP contribution < -0.4 is 20.1 Å². The Labute approximate surface area is 209 Å². The highest BCUT2D eigenvalue weighted by Gasteiger charge is 2.09. The maximum absolute atomic E-state index is 10.6. The van der Waals surface area contributed by atoms with Crippen LogP contribution in [0, 0.1) is 20.2 Å². The number of nitrogens with zero attached hydrogens (tertiary/aromatic N) is 2.